The molecular weight excluding hydrogens is 170 g/mol. The largest absolute Gasteiger partial charge is 0.327 e. The van der Waals surface area contributed by atoms with E-state index in [2.05, 4.69) is 39.0 Å². The van der Waals surface area contributed by atoms with E-state index < -0.39 is 0 Å². The zero-order valence-electron chi connectivity index (χ0n) is 9.30. The molecule has 0 saturated carbocycles. The van der Waals surface area contributed by atoms with E-state index in [0.717, 1.165) is 12.8 Å². The van der Waals surface area contributed by atoms with Gasteiger partial charge >= 0.3 is 0 Å². The summed E-state index contributed by atoms with van der Waals surface area (Å²) in [4.78, 5) is 0. The number of rotatable bonds is 0. The van der Waals surface area contributed by atoms with Crippen LogP contribution in [0.5, 0.6) is 0 Å². The van der Waals surface area contributed by atoms with Crippen molar-refractivity contribution in [3.05, 3.63) is 34.9 Å². The van der Waals surface area contributed by atoms with Gasteiger partial charge in [-0.1, -0.05) is 39.0 Å². The third kappa shape index (κ3) is 1.69. The SMILES string of the molecule is CC(C)(C)c1ccc2c(c1)C[C@H](N)C2. The molecule has 1 aromatic rings. The summed E-state index contributed by atoms with van der Waals surface area (Å²) in [5.74, 6) is 0. The lowest BCUT2D eigenvalue weighted by atomic mass is 9.85. The molecule has 0 saturated heterocycles. The van der Waals surface area contributed by atoms with Crippen molar-refractivity contribution < 1.29 is 0 Å². The summed E-state index contributed by atoms with van der Waals surface area (Å²) < 4.78 is 0. The fourth-order valence-electron chi connectivity index (χ4n) is 2.12. The lowest BCUT2D eigenvalue weighted by molar-refractivity contribution is 0.589. The Bertz CT molecular complexity index is 347. The average Bonchev–Trinajstić information content (AvgIpc) is 2.41. The van der Waals surface area contributed by atoms with Gasteiger partial charge in [0.2, 0.25) is 0 Å². The standard InChI is InChI=1S/C13H19N/c1-13(2,3)11-5-4-9-7-12(14)8-10(9)6-11/h4-6,12H,7-8,14H2,1-3H3/t12-/m1/s1. The Morgan fingerprint density at radius 1 is 1.14 bits per heavy atom. The smallest absolute Gasteiger partial charge is 0.0120 e. The molecule has 0 fully saturated rings. The molecule has 0 aliphatic heterocycles. The Kier molecular flexibility index (Phi) is 2.15. The van der Waals surface area contributed by atoms with Crippen LogP contribution in [0.25, 0.3) is 0 Å². The van der Waals surface area contributed by atoms with Crippen LogP contribution >= 0.6 is 0 Å². The van der Waals surface area contributed by atoms with E-state index in [1.165, 1.54) is 16.7 Å². The summed E-state index contributed by atoms with van der Waals surface area (Å²) in [6, 6.07) is 7.18. The van der Waals surface area contributed by atoms with Crippen molar-refractivity contribution in [1.29, 1.82) is 0 Å². The van der Waals surface area contributed by atoms with Gasteiger partial charge in [0.05, 0.1) is 0 Å². The minimum Gasteiger partial charge on any atom is -0.327 e. The molecule has 0 amide bonds. The summed E-state index contributed by atoms with van der Waals surface area (Å²) in [5.41, 5.74) is 10.5. The predicted octanol–water partition coefficient (Wildman–Crippen LogP) is 2.41. The predicted molar refractivity (Wildman–Crippen MR) is 60.5 cm³/mol. The van der Waals surface area contributed by atoms with Crippen LogP contribution in [0.4, 0.5) is 0 Å². The maximum atomic E-state index is 5.94. The molecule has 2 rings (SSSR count). The highest BCUT2D eigenvalue weighted by Crippen LogP contribution is 2.28. The number of hydrogen-bond acceptors (Lipinski definition) is 1. The molecule has 14 heavy (non-hydrogen) atoms. The molecule has 0 spiro atoms. The second-order valence-electron chi connectivity index (χ2n) is 5.40. The molecule has 2 N–H and O–H groups in total. The molecule has 1 heteroatoms. The monoisotopic (exact) mass is 189 g/mol. The van der Waals surface area contributed by atoms with Gasteiger partial charge in [-0.25, -0.2) is 0 Å². The molecule has 0 unspecified atom stereocenters. The van der Waals surface area contributed by atoms with Crippen LogP contribution in [0.2, 0.25) is 0 Å². The average molecular weight is 189 g/mol. The van der Waals surface area contributed by atoms with Crippen LogP contribution in [0.3, 0.4) is 0 Å². The molecular formula is C13H19N. The van der Waals surface area contributed by atoms with E-state index >= 15 is 0 Å². The van der Waals surface area contributed by atoms with Crippen LogP contribution in [-0.2, 0) is 18.3 Å². The molecule has 0 heterocycles. The van der Waals surface area contributed by atoms with E-state index in [1.54, 1.807) is 0 Å². The van der Waals surface area contributed by atoms with E-state index in [0.29, 0.717) is 6.04 Å². The van der Waals surface area contributed by atoms with Crippen LogP contribution < -0.4 is 5.73 Å². The van der Waals surface area contributed by atoms with Crippen molar-refractivity contribution in [2.24, 2.45) is 5.73 Å². The van der Waals surface area contributed by atoms with Crippen molar-refractivity contribution in [3.8, 4) is 0 Å². The maximum Gasteiger partial charge on any atom is 0.0120 e. The van der Waals surface area contributed by atoms with Gasteiger partial charge in [-0.15, -0.1) is 0 Å². The van der Waals surface area contributed by atoms with Crippen molar-refractivity contribution in [3.63, 3.8) is 0 Å². The highest BCUT2D eigenvalue weighted by molar-refractivity contribution is 5.39. The first kappa shape index (κ1) is 9.72. The molecule has 0 bridgehead atoms. The Morgan fingerprint density at radius 2 is 1.79 bits per heavy atom. The third-order valence-corrected chi connectivity index (χ3v) is 3.04. The fourth-order valence-corrected chi connectivity index (χ4v) is 2.12. The summed E-state index contributed by atoms with van der Waals surface area (Å²) in [6.07, 6.45) is 2.11. The first-order valence-electron chi connectivity index (χ1n) is 5.34. The Morgan fingerprint density at radius 3 is 2.43 bits per heavy atom. The Hall–Kier alpha value is -0.820. The van der Waals surface area contributed by atoms with Gasteiger partial charge in [0.25, 0.3) is 0 Å². The highest BCUT2D eigenvalue weighted by atomic mass is 14.6. The molecule has 1 atom stereocenters. The lowest BCUT2D eigenvalue weighted by Gasteiger charge is -2.19. The Balaban J connectivity index is 2.38. The number of nitrogens with two attached hydrogens (primary N) is 1. The van der Waals surface area contributed by atoms with Crippen LogP contribution in [-0.4, -0.2) is 6.04 Å². The normalized spacial score (nSPS) is 21.0. The van der Waals surface area contributed by atoms with Gasteiger partial charge < -0.3 is 5.73 Å². The topological polar surface area (TPSA) is 26.0 Å². The molecule has 1 aromatic carbocycles. The molecule has 1 aliphatic rings. The minimum absolute atomic E-state index is 0.252. The third-order valence-electron chi connectivity index (χ3n) is 3.04. The molecule has 76 valence electrons. The van der Waals surface area contributed by atoms with E-state index in [4.69, 9.17) is 5.73 Å². The Labute approximate surface area is 86.3 Å². The van der Waals surface area contributed by atoms with Crippen LogP contribution in [0, 0.1) is 0 Å². The van der Waals surface area contributed by atoms with E-state index in [1.807, 2.05) is 0 Å². The van der Waals surface area contributed by atoms with Gasteiger partial charge in [-0.3, -0.25) is 0 Å². The maximum absolute atomic E-state index is 5.94. The summed E-state index contributed by atoms with van der Waals surface area (Å²) in [6.45, 7) is 6.76. The van der Waals surface area contributed by atoms with Gasteiger partial charge in [-0.2, -0.15) is 0 Å². The number of hydrogen-bond donors (Lipinski definition) is 1. The van der Waals surface area contributed by atoms with E-state index in [9.17, 15) is 0 Å². The zero-order valence-corrected chi connectivity index (χ0v) is 9.30. The van der Waals surface area contributed by atoms with Crippen molar-refractivity contribution >= 4 is 0 Å². The summed E-state index contributed by atoms with van der Waals surface area (Å²) in [5, 5.41) is 0. The van der Waals surface area contributed by atoms with Crippen LogP contribution in [0.15, 0.2) is 18.2 Å². The quantitative estimate of drug-likeness (QED) is 0.666. The van der Waals surface area contributed by atoms with E-state index in [-0.39, 0.29) is 5.41 Å². The van der Waals surface area contributed by atoms with Crippen LogP contribution in [0.1, 0.15) is 37.5 Å². The number of fused-ring (bicyclic) bond motifs is 1. The van der Waals surface area contributed by atoms with Crippen molar-refractivity contribution in [1.82, 2.24) is 0 Å². The van der Waals surface area contributed by atoms with Crippen molar-refractivity contribution in [2.45, 2.75) is 45.1 Å². The lowest BCUT2D eigenvalue weighted by Crippen LogP contribution is -2.19. The first-order valence-corrected chi connectivity index (χ1v) is 5.34. The van der Waals surface area contributed by atoms with Gasteiger partial charge in [0.1, 0.15) is 0 Å². The minimum atomic E-state index is 0.252. The molecule has 1 nitrogen and oxygen atoms in total. The summed E-state index contributed by atoms with van der Waals surface area (Å²) in [7, 11) is 0. The summed E-state index contributed by atoms with van der Waals surface area (Å²) >= 11 is 0. The first-order chi connectivity index (χ1) is 6.47. The fraction of sp³-hybridized carbons (Fsp3) is 0.538. The zero-order chi connectivity index (χ0) is 10.3. The highest BCUT2D eigenvalue weighted by Gasteiger charge is 2.21. The van der Waals surface area contributed by atoms with Gasteiger partial charge in [-0.05, 0) is 34.9 Å². The number of benzene rings is 1. The molecule has 0 radical (unpaired) electrons. The van der Waals surface area contributed by atoms with Crippen molar-refractivity contribution in [2.75, 3.05) is 0 Å². The van der Waals surface area contributed by atoms with Gasteiger partial charge in [0, 0.05) is 6.04 Å². The second-order valence-corrected chi connectivity index (χ2v) is 5.40. The van der Waals surface area contributed by atoms with Gasteiger partial charge in [0.15, 0.2) is 0 Å². The molecule has 0 aromatic heterocycles. The molecule has 1 aliphatic carbocycles. The second kappa shape index (κ2) is 3.09.